The van der Waals surface area contributed by atoms with Gasteiger partial charge in [0.15, 0.2) is 0 Å². The van der Waals surface area contributed by atoms with Crippen LogP contribution < -0.4 is 11.1 Å². The van der Waals surface area contributed by atoms with Crippen LogP contribution in [0.1, 0.15) is 45.1 Å². The molecule has 2 atom stereocenters. The second-order valence-electron chi connectivity index (χ2n) is 5.20. The zero-order valence-corrected chi connectivity index (χ0v) is 12.1. The molecule has 0 aromatic heterocycles. The summed E-state index contributed by atoms with van der Waals surface area (Å²) in [7, 11) is 0. The number of hydrogen-bond donors (Lipinski definition) is 2. The summed E-state index contributed by atoms with van der Waals surface area (Å²) in [6, 6.07) is 9.64. The van der Waals surface area contributed by atoms with Gasteiger partial charge in [-0.05, 0) is 25.3 Å². The van der Waals surface area contributed by atoms with Gasteiger partial charge in [-0.1, -0.05) is 56.5 Å². The van der Waals surface area contributed by atoms with Crippen molar-refractivity contribution in [3.63, 3.8) is 0 Å². The third kappa shape index (κ3) is 6.39. The molecular formula is C16H26N2O. The zero-order chi connectivity index (χ0) is 14.1. The van der Waals surface area contributed by atoms with Crippen molar-refractivity contribution < 1.29 is 4.79 Å². The van der Waals surface area contributed by atoms with Crippen molar-refractivity contribution in [3.05, 3.63) is 35.9 Å². The van der Waals surface area contributed by atoms with Gasteiger partial charge in [0.1, 0.15) is 0 Å². The number of amides is 1. The quantitative estimate of drug-likeness (QED) is 0.708. The van der Waals surface area contributed by atoms with Crippen LogP contribution >= 0.6 is 0 Å². The van der Waals surface area contributed by atoms with Crippen molar-refractivity contribution in [1.82, 2.24) is 5.32 Å². The number of rotatable bonds is 8. The Bertz CT molecular complexity index is 364. The molecule has 3 heteroatoms. The van der Waals surface area contributed by atoms with Crippen molar-refractivity contribution in [3.8, 4) is 0 Å². The standard InChI is InChI=1S/C16H26N2O/c1-3-4-6-9-13(2)18-16(19)15(17)12-14-10-7-5-8-11-14/h5,7-8,10-11,13,15H,3-4,6,9,12,17H2,1-2H3,(H,18,19). The van der Waals surface area contributed by atoms with Crippen LogP contribution in [0.25, 0.3) is 0 Å². The predicted octanol–water partition coefficient (Wildman–Crippen LogP) is 2.64. The number of carbonyl (C=O) groups excluding carboxylic acids is 1. The summed E-state index contributed by atoms with van der Waals surface area (Å²) in [5.41, 5.74) is 7.04. The number of nitrogens with one attached hydrogen (secondary N) is 1. The van der Waals surface area contributed by atoms with Crippen LogP contribution in [0.4, 0.5) is 0 Å². The van der Waals surface area contributed by atoms with Crippen LogP contribution in [0, 0.1) is 0 Å². The van der Waals surface area contributed by atoms with Crippen molar-refractivity contribution >= 4 is 5.91 Å². The largest absolute Gasteiger partial charge is 0.352 e. The average molecular weight is 262 g/mol. The van der Waals surface area contributed by atoms with Gasteiger partial charge >= 0.3 is 0 Å². The van der Waals surface area contributed by atoms with E-state index in [1.165, 1.54) is 12.8 Å². The molecule has 1 amide bonds. The van der Waals surface area contributed by atoms with E-state index in [0.717, 1.165) is 18.4 Å². The fraction of sp³-hybridized carbons (Fsp3) is 0.562. The van der Waals surface area contributed by atoms with Crippen molar-refractivity contribution in [2.45, 2.75) is 58.0 Å². The molecule has 0 saturated carbocycles. The molecule has 3 N–H and O–H groups in total. The van der Waals surface area contributed by atoms with Gasteiger partial charge in [0.25, 0.3) is 0 Å². The molecule has 0 saturated heterocycles. The van der Waals surface area contributed by atoms with Gasteiger partial charge in [0, 0.05) is 6.04 Å². The highest BCUT2D eigenvalue weighted by Gasteiger charge is 2.15. The molecule has 0 aliphatic carbocycles. The van der Waals surface area contributed by atoms with Crippen molar-refractivity contribution in [2.75, 3.05) is 0 Å². The lowest BCUT2D eigenvalue weighted by molar-refractivity contribution is -0.123. The Balaban J connectivity index is 2.32. The van der Waals surface area contributed by atoms with Gasteiger partial charge in [-0.3, -0.25) is 4.79 Å². The summed E-state index contributed by atoms with van der Waals surface area (Å²) in [5, 5.41) is 2.99. The monoisotopic (exact) mass is 262 g/mol. The van der Waals surface area contributed by atoms with Gasteiger partial charge in [0.05, 0.1) is 6.04 Å². The van der Waals surface area contributed by atoms with E-state index in [1.807, 2.05) is 37.3 Å². The highest BCUT2D eigenvalue weighted by molar-refractivity contribution is 5.82. The first kappa shape index (κ1) is 15.7. The Morgan fingerprint density at radius 1 is 1.26 bits per heavy atom. The summed E-state index contributed by atoms with van der Waals surface area (Å²) in [6.07, 6.45) is 5.20. The Hall–Kier alpha value is -1.35. The van der Waals surface area contributed by atoms with E-state index in [2.05, 4.69) is 12.2 Å². The van der Waals surface area contributed by atoms with Gasteiger partial charge in [-0.2, -0.15) is 0 Å². The van der Waals surface area contributed by atoms with E-state index in [1.54, 1.807) is 0 Å². The number of benzene rings is 1. The van der Waals surface area contributed by atoms with Crippen LogP contribution in [0.5, 0.6) is 0 Å². The highest BCUT2D eigenvalue weighted by atomic mass is 16.2. The molecule has 106 valence electrons. The van der Waals surface area contributed by atoms with Crippen LogP contribution in [0.15, 0.2) is 30.3 Å². The molecule has 3 nitrogen and oxygen atoms in total. The van der Waals surface area contributed by atoms with Crippen molar-refractivity contribution in [1.29, 1.82) is 0 Å². The summed E-state index contributed by atoms with van der Waals surface area (Å²) >= 11 is 0. The molecule has 19 heavy (non-hydrogen) atoms. The fourth-order valence-corrected chi connectivity index (χ4v) is 2.08. The molecule has 0 fully saturated rings. The lowest BCUT2D eigenvalue weighted by atomic mass is 10.1. The van der Waals surface area contributed by atoms with Crippen LogP contribution in [0.3, 0.4) is 0 Å². The maximum absolute atomic E-state index is 12.0. The second-order valence-corrected chi connectivity index (χ2v) is 5.20. The molecule has 1 aromatic rings. The molecule has 0 aliphatic heterocycles. The SMILES string of the molecule is CCCCCC(C)NC(=O)C(N)Cc1ccccc1. The lowest BCUT2D eigenvalue weighted by Gasteiger charge is -2.17. The maximum Gasteiger partial charge on any atom is 0.237 e. The first-order valence-electron chi connectivity index (χ1n) is 7.23. The molecule has 0 radical (unpaired) electrons. The van der Waals surface area contributed by atoms with E-state index >= 15 is 0 Å². The third-order valence-electron chi connectivity index (χ3n) is 3.26. The molecule has 0 bridgehead atoms. The minimum atomic E-state index is -0.462. The molecule has 1 aromatic carbocycles. The van der Waals surface area contributed by atoms with Crippen LogP contribution in [-0.2, 0) is 11.2 Å². The Labute approximate surface area is 116 Å². The van der Waals surface area contributed by atoms with E-state index < -0.39 is 6.04 Å². The number of carbonyl (C=O) groups is 1. The fourth-order valence-electron chi connectivity index (χ4n) is 2.08. The Morgan fingerprint density at radius 2 is 1.95 bits per heavy atom. The summed E-state index contributed by atoms with van der Waals surface area (Å²) in [4.78, 5) is 12.0. The van der Waals surface area contributed by atoms with Gasteiger partial charge in [0.2, 0.25) is 5.91 Å². The van der Waals surface area contributed by atoms with Gasteiger partial charge in [-0.15, -0.1) is 0 Å². The summed E-state index contributed by atoms with van der Waals surface area (Å²) in [5.74, 6) is -0.0483. The molecule has 0 heterocycles. The second kappa shape index (κ2) is 8.70. The summed E-state index contributed by atoms with van der Waals surface area (Å²) < 4.78 is 0. The van der Waals surface area contributed by atoms with Crippen LogP contribution in [-0.4, -0.2) is 18.0 Å². The highest BCUT2D eigenvalue weighted by Crippen LogP contribution is 2.05. The molecule has 0 aliphatic rings. The molecule has 1 rings (SSSR count). The zero-order valence-electron chi connectivity index (χ0n) is 12.1. The smallest absolute Gasteiger partial charge is 0.237 e. The topological polar surface area (TPSA) is 55.1 Å². The first-order valence-corrected chi connectivity index (χ1v) is 7.23. The third-order valence-corrected chi connectivity index (χ3v) is 3.26. The minimum absolute atomic E-state index is 0.0483. The normalized spacial score (nSPS) is 13.8. The van der Waals surface area contributed by atoms with Gasteiger partial charge in [-0.25, -0.2) is 0 Å². The summed E-state index contributed by atoms with van der Waals surface area (Å²) in [6.45, 7) is 4.22. The predicted molar refractivity (Wildman–Crippen MR) is 79.9 cm³/mol. The van der Waals surface area contributed by atoms with Crippen molar-refractivity contribution in [2.24, 2.45) is 5.73 Å². The van der Waals surface area contributed by atoms with E-state index in [0.29, 0.717) is 6.42 Å². The van der Waals surface area contributed by atoms with E-state index in [4.69, 9.17) is 5.73 Å². The molecule has 2 unspecified atom stereocenters. The average Bonchev–Trinajstić information content (AvgIpc) is 2.40. The first-order chi connectivity index (χ1) is 9.13. The molecular weight excluding hydrogens is 236 g/mol. The lowest BCUT2D eigenvalue weighted by Crippen LogP contribution is -2.45. The van der Waals surface area contributed by atoms with E-state index in [-0.39, 0.29) is 11.9 Å². The van der Waals surface area contributed by atoms with Crippen LogP contribution in [0.2, 0.25) is 0 Å². The number of nitrogens with two attached hydrogens (primary N) is 1. The van der Waals surface area contributed by atoms with E-state index in [9.17, 15) is 4.79 Å². The number of unbranched alkanes of at least 4 members (excludes halogenated alkanes) is 2. The maximum atomic E-state index is 12.0. The van der Waals surface area contributed by atoms with Gasteiger partial charge < -0.3 is 11.1 Å². The Morgan fingerprint density at radius 3 is 2.58 bits per heavy atom. The molecule has 0 spiro atoms. The Kier molecular flexibility index (Phi) is 7.19. The number of hydrogen-bond acceptors (Lipinski definition) is 2. The minimum Gasteiger partial charge on any atom is -0.352 e.